The molecule has 1 aromatic rings. The summed E-state index contributed by atoms with van der Waals surface area (Å²) in [6.07, 6.45) is 1.70. The van der Waals surface area contributed by atoms with Crippen LogP contribution >= 0.6 is 0 Å². The lowest BCUT2D eigenvalue weighted by Gasteiger charge is -2.13. The molecule has 0 saturated heterocycles. The lowest BCUT2D eigenvalue weighted by molar-refractivity contribution is -0.116. The third-order valence-electron chi connectivity index (χ3n) is 1.98. The topological polar surface area (TPSA) is 81.2 Å². The van der Waals surface area contributed by atoms with Gasteiger partial charge in [-0.05, 0) is 5.92 Å². The number of amides is 1. The Kier molecular flexibility index (Phi) is 3.64. The van der Waals surface area contributed by atoms with E-state index in [0.717, 1.165) is 0 Å². The van der Waals surface area contributed by atoms with Gasteiger partial charge in [0.1, 0.15) is 6.26 Å². The summed E-state index contributed by atoms with van der Waals surface area (Å²) < 4.78 is 4.57. The van der Waals surface area contributed by atoms with Crippen molar-refractivity contribution in [2.45, 2.75) is 26.3 Å². The molecule has 14 heavy (non-hydrogen) atoms. The second-order valence-electron chi connectivity index (χ2n) is 3.54. The summed E-state index contributed by atoms with van der Waals surface area (Å²) in [5.74, 6) is 0.573. The standard InChI is InChI=1S/C9H15N3O2/c1-6(2)7(10)5-9(13)11-8-3-4-14-12-8/h3-4,6-7H,5,10H2,1-2H3,(H,11,12,13). The number of rotatable bonds is 4. The van der Waals surface area contributed by atoms with Crippen LogP contribution in [0.25, 0.3) is 0 Å². The molecule has 1 heterocycles. The molecule has 0 saturated carbocycles. The van der Waals surface area contributed by atoms with E-state index in [0.29, 0.717) is 12.2 Å². The fourth-order valence-electron chi connectivity index (χ4n) is 0.921. The zero-order valence-electron chi connectivity index (χ0n) is 8.36. The smallest absolute Gasteiger partial charge is 0.227 e. The predicted molar refractivity (Wildman–Crippen MR) is 52.6 cm³/mol. The number of nitrogens with two attached hydrogens (primary N) is 1. The van der Waals surface area contributed by atoms with Gasteiger partial charge in [-0.25, -0.2) is 0 Å². The molecule has 0 aliphatic carbocycles. The van der Waals surface area contributed by atoms with E-state index >= 15 is 0 Å². The first-order chi connectivity index (χ1) is 6.59. The summed E-state index contributed by atoms with van der Waals surface area (Å²) in [5.41, 5.74) is 5.74. The van der Waals surface area contributed by atoms with Crippen LogP contribution in [0.2, 0.25) is 0 Å². The van der Waals surface area contributed by atoms with Gasteiger partial charge < -0.3 is 15.6 Å². The molecule has 5 nitrogen and oxygen atoms in total. The summed E-state index contributed by atoms with van der Waals surface area (Å²) in [6, 6.07) is 1.46. The molecular weight excluding hydrogens is 182 g/mol. The van der Waals surface area contributed by atoms with Crippen LogP contribution in [0, 0.1) is 5.92 Å². The summed E-state index contributed by atoms with van der Waals surface area (Å²) in [7, 11) is 0. The lowest BCUT2D eigenvalue weighted by atomic mass is 10.0. The van der Waals surface area contributed by atoms with E-state index in [2.05, 4.69) is 15.0 Å². The molecule has 78 valence electrons. The second-order valence-corrected chi connectivity index (χ2v) is 3.54. The van der Waals surface area contributed by atoms with E-state index in [4.69, 9.17) is 5.73 Å². The van der Waals surface area contributed by atoms with Gasteiger partial charge in [-0.1, -0.05) is 19.0 Å². The number of aromatic nitrogens is 1. The lowest BCUT2D eigenvalue weighted by Crippen LogP contribution is -2.31. The first-order valence-electron chi connectivity index (χ1n) is 4.55. The first-order valence-corrected chi connectivity index (χ1v) is 4.55. The number of nitrogens with one attached hydrogen (secondary N) is 1. The van der Waals surface area contributed by atoms with Gasteiger partial charge >= 0.3 is 0 Å². The van der Waals surface area contributed by atoms with Gasteiger partial charge in [0, 0.05) is 18.5 Å². The Bertz CT molecular complexity index is 282. The molecule has 1 unspecified atom stereocenters. The highest BCUT2D eigenvalue weighted by atomic mass is 16.5. The Balaban J connectivity index is 2.36. The number of hydrogen-bond acceptors (Lipinski definition) is 4. The summed E-state index contributed by atoms with van der Waals surface area (Å²) in [4.78, 5) is 11.4. The molecule has 0 fully saturated rings. The zero-order valence-corrected chi connectivity index (χ0v) is 8.36. The SMILES string of the molecule is CC(C)C(N)CC(=O)Nc1ccon1. The van der Waals surface area contributed by atoms with Crippen molar-refractivity contribution in [3.8, 4) is 0 Å². The van der Waals surface area contributed by atoms with Crippen molar-refractivity contribution in [2.24, 2.45) is 11.7 Å². The average molecular weight is 197 g/mol. The molecule has 1 rings (SSSR count). The van der Waals surface area contributed by atoms with Crippen LogP contribution in [0.3, 0.4) is 0 Å². The molecule has 1 aromatic heterocycles. The predicted octanol–water partition coefficient (Wildman–Crippen LogP) is 0.986. The van der Waals surface area contributed by atoms with Crippen LogP contribution in [-0.4, -0.2) is 17.1 Å². The third kappa shape index (κ3) is 3.18. The van der Waals surface area contributed by atoms with Gasteiger partial charge in [-0.3, -0.25) is 4.79 Å². The van der Waals surface area contributed by atoms with E-state index < -0.39 is 0 Å². The number of carbonyl (C=O) groups is 1. The fraction of sp³-hybridized carbons (Fsp3) is 0.556. The van der Waals surface area contributed by atoms with Crippen molar-refractivity contribution in [2.75, 3.05) is 5.32 Å². The molecule has 0 radical (unpaired) electrons. The molecule has 0 aliphatic heterocycles. The van der Waals surface area contributed by atoms with Crippen LogP contribution in [0.4, 0.5) is 5.82 Å². The Morgan fingerprint density at radius 1 is 1.71 bits per heavy atom. The van der Waals surface area contributed by atoms with E-state index in [1.807, 2.05) is 13.8 Å². The van der Waals surface area contributed by atoms with Gasteiger partial charge in [0.2, 0.25) is 5.91 Å². The van der Waals surface area contributed by atoms with Crippen LogP contribution < -0.4 is 11.1 Å². The van der Waals surface area contributed by atoms with Crippen LogP contribution in [0.5, 0.6) is 0 Å². The minimum Gasteiger partial charge on any atom is -0.363 e. The van der Waals surface area contributed by atoms with Gasteiger partial charge in [0.15, 0.2) is 5.82 Å². The van der Waals surface area contributed by atoms with E-state index in [1.165, 1.54) is 6.26 Å². The van der Waals surface area contributed by atoms with Gasteiger partial charge in [0.25, 0.3) is 0 Å². The van der Waals surface area contributed by atoms with Gasteiger partial charge in [0.05, 0.1) is 0 Å². The van der Waals surface area contributed by atoms with E-state index in [1.54, 1.807) is 6.07 Å². The van der Waals surface area contributed by atoms with Crippen molar-refractivity contribution in [3.63, 3.8) is 0 Å². The minimum atomic E-state index is -0.139. The van der Waals surface area contributed by atoms with Gasteiger partial charge in [-0.15, -0.1) is 0 Å². The highest BCUT2D eigenvalue weighted by Crippen LogP contribution is 2.06. The molecular formula is C9H15N3O2. The number of anilines is 1. The fourth-order valence-corrected chi connectivity index (χ4v) is 0.921. The number of hydrogen-bond donors (Lipinski definition) is 2. The minimum absolute atomic E-state index is 0.123. The maximum Gasteiger partial charge on any atom is 0.227 e. The molecule has 3 N–H and O–H groups in total. The zero-order chi connectivity index (χ0) is 10.6. The summed E-state index contributed by atoms with van der Waals surface area (Å²) in [6.45, 7) is 3.96. The number of carbonyl (C=O) groups excluding carboxylic acids is 1. The van der Waals surface area contributed by atoms with Crippen LogP contribution in [0.15, 0.2) is 16.9 Å². The van der Waals surface area contributed by atoms with Crippen molar-refractivity contribution in [3.05, 3.63) is 12.3 Å². The molecule has 0 bridgehead atoms. The largest absolute Gasteiger partial charge is 0.363 e. The van der Waals surface area contributed by atoms with E-state index in [-0.39, 0.29) is 17.9 Å². The van der Waals surface area contributed by atoms with E-state index in [9.17, 15) is 4.79 Å². The number of nitrogens with zero attached hydrogens (tertiary/aromatic N) is 1. The Labute approximate surface area is 82.6 Å². The van der Waals surface area contributed by atoms with Crippen molar-refractivity contribution in [1.82, 2.24) is 5.16 Å². The molecule has 0 spiro atoms. The van der Waals surface area contributed by atoms with Crippen molar-refractivity contribution in [1.29, 1.82) is 0 Å². The van der Waals surface area contributed by atoms with Crippen molar-refractivity contribution >= 4 is 11.7 Å². The normalized spacial score (nSPS) is 12.9. The quantitative estimate of drug-likeness (QED) is 0.754. The Morgan fingerprint density at radius 2 is 2.43 bits per heavy atom. The maximum absolute atomic E-state index is 11.4. The molecule has 1 atom stereocenters. The van der Waals surface area contributed by atoms with Crippen molar-refractivity contribution < 1.29 is 9.32 Å². The monoisotopic (exact) mass is 197 g/mol. The maximum atomic E-state index is 11.4. The van der Waals surface area contributed by atoms with Crippen LogP contribution in [0.1, 0.15) is 20.3 Å². The molecule has 1 amide bonds. The third-order valence-corrected chi connectivity index (χ3v) is 1.98. The first kappa shape index (κ1) is 10.7. The Morgan fingerprint density at radius 3 is 2.93 bits per heavy atom. The molecule has 5 heteroatoms. The second kappa shape index (κ2) is 4.76. The average Bonchev–Trinajstić information content (AvgIpc) is 2.56. The van der Waals surface area contributed by atoms with Crippen LogP contribution in [-0.2, 0) is 4.79 Å². The molecule has 0 aliphatic rings. The highest BCUT2D eigenvalue weighted by molar-refractivity contribution is 5.89. The Hall–Kier alpha value is -1.36. The highest BCUT2D eigenvalue weighted by Gasteiger charge is 2.13. The summed E-state index contributed by atoms with van der Waals surface area (Å²) >= 11 is 0. The summed E-state index contributed by atoms with van der Waals surface area (Å²) in [5, 5.41) is 6.14. The van der Waals surface area contributed by atoms with Gasteiger partial charge in [-0.2, -0.15) is 0 Å². The molecule has 0 aromatic carbocycles.